The van der Waals surface area contributed by atoms with E-state index in [9.17, 15) is 25.5 Å². The summed E-state index contributed by atoms with van der Waals surface area (Å²) in [5, 5.41) is 48.1. The van der Waals surface area contributed by atoms with Crippen LogP contribution in [0, 0.1) is 5.92 Å². The first-order valence-corrected chi connectivity index (χ1v) is 6.41. The number of phenolic OH excluding ortho intramolecular Hbond substituents is 1. The third kappa shape index (κ3) is 3.53. The molecule has 3 atom stereocenters. The largest absolute Gasteiger partial charge is 0.512 e. The van der Waals surface area contributed by atoms with Crippen molar-refractivity contribution >= 4 is 0 Å². The smallest absolute Gasteiger partial charge is 0.117 e. The molecule has 0 saturated heterocycles. The Balaban J connectivity index is 1.98. The standard InChI is InChI=1S/C15H18O5/c16-10-3-1-2-9(4-10)5-11(17)6-13-14(19)7-12(18)8-15(13)20/h1-4,7-8,11,13-14,16-20H,5-6H2/t11-,13+,14-/m0/s1. The van der Waals surface area contributed by atoms with Gasteiger partial charge in [0, 0.05) is 12.0 Å². The molecule has 5 heteroatoms. The van der Waals surface area contributed by atoms with Gasteiger partial charge in [-0.1, -0.05) is 12.1 Å². The molecule has 0 bridgehead atoms. The van der Waals surface area contributed by atoms with Crippen molar-refractivity contribution < 1.29 is 25.5 Å². The van der Waals surface area contributed by atoms with E-state index in [0.29, 0.717) is 6.42 Å². The minimum atomic E-state index is -1.03. The number of hydrogen-bond acceptors (Lipinski definition) is 5. The van der Waals surface area contributed by atoms with Crippen LogP contribution in [0.3, 0.4) is 0 Å². The molecule has 5 N–H and O–H groups in total. The van der Waals surface area contributed by atoms with Gasteiger partial charge in [0.15, 0.2) is 0 Å². The van der Waals surface area contributed by atoms with Crippen molar-refractivity contribution in [2.45, 2.75) is 25.0 Å². The highest BCUT2D eigenvalue weighted by molar-refractivity contribution is 5.28. The van der Waals surface area contributed by atoms with Crippen LogP contribution in [-0.2, 0) is 6.42 Å². The minimum absolute atomic E-state index is 0.128. The summed E-state index contributed by atoms with van der Waals surface area (Å²) >= 11 is 0. The number of phenols is 1. The zero-order valence-corrected chi connectivity index (χ0v) is 10.8. The number of rotatable bonds is 4. The van der Waals surface area contributed by atoms with Crippen LogP contribution in [0.4, 0.5) is 0 Å². The van der Waals surface area contributed by atoms with E-state index in [1.807, 2.05) is 0 Å². The molecule has 5 nitrogen and oxygen atoms in total. The highest BCUT2D eigenvalue weighted by atomic mass is 16.3. The van der Waals surface area contributed by atoms with E-state index in [0.717, 1.165) is 5.56 Å². The summed E-state index contributed by atoms with van der Waals surface area (Å²) in [5.41, 5.74) is 0.768. The zero-order valence-electron chi connectivity index (χ0n) is 10.8. The quantitative estimate of drug-likeness (QED) is 0.575. The van der Waals surface area contributed by atoms with Crippen molar-refractivity contribution in [2.24, 2.45) is 5.92 Å². The van der Waals surface area contributed by atoms with Gasteiger partial charge in [0.25, 0.3) is 0 Å². The van der Waals surface area contributed by atoms with Crippen molar-refractivity contribution in [1.82, 2.24) is 0 Å². The van der Waals surface area contributed by atoms with Gasteiger partial charge >= 0.3 is 0 Å². The Morgan fingerprint density at radius 1 is 1.15 bits per heavy atom. The number of aliphatic hydroxyl groups excluding tert-OH is 4. The minimum Gasteiger partial charge on any atom is -0.512 e. The van der Waals surface area contributed by atoms with Crippen molar-refractivity contribution in [1.29, 1.82) is 0 Å². The maximum atomic E-state index is 10.0. The Hall–Kier alpha value is -1.98. The van der Waals surface area contributed by atoms with Gasteiger partial charge in [-0.15, -0.1) is 0 Å². The molecule has 1 aromatic carbocycles. The predicted molar refractivity (Wildman–Crippen MR) is 73.4 cm³/mol. The Kier molecular flexibility index (Phi) is 4.32. The second-order valence-corrected chi connectivity index (χ2v) is 5.02. The monoisotopic (exact) mass is 278 g/mol. The molecular formula is C15H18O5. The summed E-state index contributed by atoms with van der Waals surface area (Å²) in [6.45, 7) is 0. The van der Waals surface area contributed by atoms with Crippen LogP contribution in [0.1, 0.15) is 12.0 Å². The van der Waals surface area contributed by atoms with Crippen LogP contribution in [0.5, 0.6) is 5.75 Å². The first-order chi connectivity index (χ1) is 9.45. The molecule has 0 fully saturated rings. The van der Waals surface area contributed by atoms with Crippen LogP contribution in [0.25, 0.3) is 0 Å². The average Bonchev–Trinajstić information content (AvgIpc) is 2.33. The molecule has 1 aromatic rings. The molecule has 0 heterocycles. The molecule has 0 spiro atoms. The molecule has 0 aliphatic heterocycles. The van der Waals surface area contributed by atoms with Gasteiger partial charge in [0.2, 0.25) is 0 Å². The lowest BCUT2D eigenvalue weighted by Crippen LogP contribution is -2.28. The fourth-order valence-electron chi connectivity index (χ4n) is 2.36. The number of aromatic hydroxyl groups is 1. The number of allylic oxidation sites excluding steroid dienone is 1. The molecule has 0 radical (unpaired) electrons. The SMILES string of the molecule is OC1=C[C@H](O)[C@@H](C[C@@H](O)Cc2cccc(O)c2)C(O)=C1. The highest BCUT2D eigenvalue weighted by Gasteiger charge is 2.28. The topological polar surface area (TPSA) is 101 Å². The molecule has 1 aliphatic carbocycles. The fourth-order valence-corrected chi connectivity index (χ4v) is 2.36. The average molecular weight is 278 g/mol. The van der Waals surface area contributed by atoms with E-state index in [1.54, 1.807) is 24.3 Å². The summed E-state index contributed by atoms with van der Waals surface area (Å²) < 4.78 is 0. The number of aliphatic hydroxyl groups is 4. The van der Waals surface area contributed by atoms with Crippen LogP contribution >= 0.6 is 0 Å². The van der Waals surface area contributed by atoms with Gasteiger partial charge in [-0.3, -0.25) is 0 Å². The summed E-state index contributed by atoms with van der Waals surface area (Å²) in [6, 6.07) is 6.57. The summed E-state index contributed by atoms with van der Waals surface area (Å²) in [4.78, 5) is 0. The van der Waals surface area contributed by atoms with E-state index < -0.39 is 18.1 Å². The zero-order chi connectivity index (χ0) is 14.7. The van der Waals surface area contributed by atoms with Gasteiger partial charge in [0.1, 0.15) is 17.3 Å². The first kappa shape index (κ1) is 14.4. The van der Waals surface area contributed by atoms with E-state index >= 15 is 0 Å². The maximum Gasteiger partial charge on any atom is 0.117 e. The molecular weight excluding hydrogens is 260 g/mol. The summed E-state index contributed by atoms with van der Waals surface area (Å²) in [7, 11) is 0. The highest BCUT2D eigenvalue weighted by Crippen LogP contribution is 2.27. The van der Waals surface area contributed by atoms with Crippen LogP contribution in [0.2, 0.25) is 0 Å². The third-order valence-corrected chi connectivity index (χ3v) is 3.34. The maximum absolute atomic E-state index is 10.0. The first-order valence-electron chi connectivity index (χ1n) is 6.41. The fraction of sp³-hybridized carbons (Fsp3) is 0.333. The number of hydrogen-bond donors (Lipinski definition) is 5. The van der Waals surface area contributed by atoms with Gasteiger partial charge in [-0.05, 0) is 36.6 Å². The Bertz CT molecular complexity index is 535. The van der Waals surface area contributed by atoms with Crippen molar-refractivity contribution in [3.8, 4) is 5.75 Å². The van der Waals surface area contributed by atoms with Gasteiger partial charge in [-0.25, -0.2) is 0 Å². The predicted octanol–water partition coefficient (Wildman–Crippen LogP) is 1.56. The van der Waals surface area contributed by atoms with E-state index in [2.05, 4.69) is 0 Å². The Morgan fingerprint density at radius 3 is 2.55 bits per heavy atom. The molecule has 0 saturated carbocycles. The molecule has 1 aliphatic rings. The second-order valence-electron chi connectivity index (χ2n) is 5.02. The summed E-state index contributed by atoms with van der Waals surface area (Å²) in [6.07, 6.45) is 1.05. The van der Waals surface area contributed by atoms with Gasteiger partial charge in [0.05, 0.1) is 12.2 Å². The Morgan fingerprint density at radius 2 is 1.90 bits per heavy atom. The van der Waals surface area contributed by atoms with Gasteiger partial charge in [-0.2, -0.15) is 0 Å². The molecule has 108 valence electrons. The van der Waals surface area contributed by atoms with Gasteiger partial charge < -0.3 is 25.5 Å². The Labute approximate surface area is 116 Å². The molecule has 0 aromatic heterocycles. The molecule has 2 rings (SSSR count). The van der Waals surface area contributed by atoms with Crippen molar-refractivity contribution in [3.63, 3.8) is 0 Å². The lowest BCUT2D eigenvalue weighted by Gasteiger charge is -2.25. The molecule has 0 amide bonds. The molecule has 20 heavy (non-hydrogen) atoms. The third-order valence-electron chi connectivity index (χ3n) is 3.34. The van der Waals surface area contributed by atoms with E-state index in [-0.39, 0.29) is 23.7 Å². The van der Waals surface area contributed by atoms with E-state index in [4.69, 9.17) is 0 Å². The van der Waals surface area contributed by atoms with Crippen LogP contribution in [-0.4, -0.2) is 37.7 Å². The molecule has 0 unspecified atom stereocenters. The van der Waals surface area contributed by atoms with Crippen molar-refractivity contribution in [2.75, 3.05) is 0 Å². The van der Waals surface area contributed by atoms with Crippen LogP contribution < -0.4 is 0 Å². The summed E-state index contributed by atoms with van der Waals surface area (Å²) in [5.74, 6) is -0.845. The second kappa shape index (κ2) is 5.98. The normalized spacial score (nSPS) is 23.9. The lowest BCUT2D eigenvalue weighted by atomic mass is 9.88. The van der Waals surface area contributed by atoms with E-state index in [1.165, 1.54) is 12.2 Å². The number of benzene rings is 1. The van der Waals surface area contributed by atoms with Crippen molar-refractivity contribution in [3.05, 3.63) is 53.5 Å². The van der Waals surface area contributed by atoms with Crippen LogP contribution in [0.15, 0.2) is 47.9 Å². The lowest BCUT2D eigenvalue weighted by molar-refractivity contribution is 0.0769.